The average molecular weight is 568 g/mol. The van der Waals surface area contributed by atoms with E-state index < -0.39 is 65.2 Å². The van der Waals surface area contributed by atoms with Crippen LogP contribution in [0.3, 0.4) is 0 Å². The van der Waals surface area contributed by atoms with Crippen LogP contribution in [-0.2, 0) is 35.0 Å². The standard InChI is InChI=1S/C29H41BN4O7/c1-26(2,3)39-25(37)34-17-21-20(23(34)35)16-29(32-33-31,24(36)38-18-19-12-9-8-10-13-19)22(21)14-11-15-30-40-27(4,5)28(6,7)41-30/h8-10,12-13,20-22H,11,14-18H2,1-7H3/t20-,21-,22+,29+/m1/s1. The molecule has 0 unspecified atom stereocenters. The number of amides is 2. The van der Waals surface area contributed by atoms with Gasteiger partial charge in [-0.1, -0.05) is 41.9 Å². The van der Waals surface area contributed by atoms with Gasteiger partial charge in [0.25, 0.3) is 0 Å². The maximum absolute atomic E-state index is 13.7. The van der Waals surface area contributed by atoms with Crippen LogP contribution in [0.4, 0.5) is 4.79 Å². The normalized spacial score (nSPS) is 28.3. The first-order valence-corrected chi connectivity index (χ1v) is 14.3. The predicted molar refractivity (Wildman–Crippen MR) is 151 cm³/mol. The number of imide groups is 1. The van der Waals surface area contributed by atoms with Crippen LogP contribution in [0.25, 0.3) is 10.4 Å². The van der Waals surface area contributed by atoms with Crippen LogP contribution in [-0.4, -0.2) is 58.9 Å². The molecular formula is C29H41BN4O7. The van der Waals surface area contributed by atoms with Gasteiger partial charge in [-0.2, -0.15) is 0 Å². The zero-order valence-electron chi connectivity index (χ0n) is 25.1. The second-order valence-electron chi connectivity index (χ2n) is 13.3. The van der Waals surface area contributed by atoms with Crippen molar-refractivity contribution >= 4 is 25.1 Å². The molecule has 3 fully saturated rings. The zero-order valence-corrected chi connectivity index (χ0v) is 25.1. The fourth-order valence-corrected chi connectivity index (χ4v) is 6.14. The Morgan fingerprint density at radius 2 is 1.78 bits per heavy atom. The van der Waals surface area contributed by atoms with Gasteiger partial charge in [-0.15, -0.1) is 0 Å². The highest BCUT2D eigenvalue weighted by Gasteiger charge is 2.64. The molecule has 1 saturated carbocycles. The molecule has 0 bridgehead atoms. The van der Waals surface area contributed by atoms with Gasteiger partial charge in [0.1, 0.15) is 17.7 Å². The summed E-state index contributed by atoms with van der Waals surface area (Å²) in [4.78, 5) is 44.2. The van der Waals surface area contributed by atoms with E-state index in [4.69, 9.17) is 18.8 Å². The summed E-state index contributed by atoms with van der Waals surface area (Å²) in [6.45, 7) is 13.2. The highest BCUT2D eigenvalue weighted by Crippen LogP contribution is 2.54. The summed E-state index contributed by atoms with van der Waals surface area (Å²) in [6.07, 6.45) is 0.832. The lowest BCUT2D eigenvalue weighted by Crippen LogP contribution is -2.46. The minimum absolute atomic E-state index is 0.0102. The van der Waals surface area contributed by atoms with Gasteiger partial charge in [0.05, 0.1) is 11.2 Å². The van der Waals surface area contributed by atoms with Gasteiger partial charge >= 0.3 is 19.2 Å². The summed E-state index contributed by atoms with van der Waals surface area (Å²) in [5.74, 6) is -2.70. The molecule has 4 rings (SSSR count). The number of hydrogen-bond acceptors (Lipinski definition) is 8. The first-order valence-electron chi connectivity index (χ1n) is 14.3. The first kappa shape index (κ1) is 30.9. The van der Waals surface area contributed by atoms with Crippen LogP contribution >= 0.6 is 0 Å². The Kier molecular flexibility index (Phi) is 8.51. The summed E-state index contributed by atoms with van der Waals surface area (Å²) in [5.41, 5.74) is 7.09. The number of fused-ring (bicyclic) bond motifs is 1. The fourth-order valence-electron chi connectivity index (χ4n) is 6.14. The molecular weight excluding hydrogens is 527 g/mol. The van der Waals surface area contributed by atoms with Gasteiger partial charge in [0.2, 0.25) is 5.91 Å². The highest BCUT2D eigenvalue weighted by molar-refractivity contribution is 6.45. The number of carbonyl (C=O) groups is 3. The third kappa shape index (κ3) is 6.24. The number of nitrogens with zero attached hydrogens (tertiary/aromatic N) is 4. The topological polar surface area (TPSA) is 140 Å². The van der Waals surface area contributed by atoms with Crippen LogP contribution in [0.15, 0.2) is 35.4 Å². The van der Waals surface area contributed by atoms with E-state index in [9.17, 15) is 19.9 Å². The lowest BCUT2D eigenvalue weighted by atomic mass is 9.75. The summed E-state index contributed by atoms with van der Waals surface area (Å²) < 4.78 is 23.5. The Morgan fingerprint density at radius 1 is 1.15 bits per heavy atom. The zero-order chi connectivity index (χ0) is 30.2. The van der Waals surface area contributed by atoms with Crippen molar-refractivity contribution in [2.75, 3.05) is 6.54 Å². The smallest absolute Gasteiger partial charge is 0.457 e. The van der Waals surface area contributed by atoms with Gasteiger partial charge in [0.15, 0.2) is 0 Å². The second-order valence-corrected chi connectivity index (χ2v) is 13.3. The number of benzene rings is 1. The molecule has 2 aliphatic heterocycles. The van der Waals surface area contributed by atoms with Crippen molar-refractivity contribution in [3.63, 3.8) is 0 Å². The van der Waals surface area contributed by atoms with E-state index in [1.807, 2.05) is 58.0 Å². The van der Waals surface area contributed by atoms with Crippen molar-refractivity contribution in [1.29, 1.82) is 0 Å². The SMILES string of the molecule is CC(C)(C)OC(=O)N1C[C@@H]2[C@@H](C[C@@](N=[N+]=[N-])(C(=O)OCc3ccccc3)[C@H]2CCCB2OC(C)(C)C(C)(C)O2)C1=O. The molecule has 2 heterocycles. The molecule has 0 N–H and O–H groups in total. The molecule has 0 spiro atoms. The van der Waals surface area contributed by atoms with Crippen molar-refractivity contribution in [1.82, 2.24) is 4.90 Å². The molecule has 222 valence electrons. The molecule has 4 atom stereocenters. The summed E-state index contributed by atoms with van der Waals surface area (Å²) >= 11 is 0. The van der Waals surface area contributed by atoms with Crippen molar-refractivity contribution in [2.45, 2.75) is 103 Å². The van der Waals surface area contributed by atoms with Gasteiger partial charge < -0.3 is 18.8 Å². The number of esters is 1. The number of rotatable bonds is 8. The summed E-state index contributed by atoms with van der Waals surface area (Å²) in [5, 5.41) is 4.05. The maximum Gasteiger partial charge on any atom is 0.457 e. The van der Waals surface area contributed by atoms with Crippen LogP contribution in [0, 0.1) is 17.8 Å². The van der Waals surface area contributed by atoms with E-state index in [-0.39, 0.29) is 19.6 Å². The van der Waals surface area contributed by atoms with Gasteiger partial charge in [-0.05, 0) is 90.6 Å². The summed E-state index contributed by atoms with van der Waals surface area (Å²) in [6, 6.07) is 9.22. The first-order chi connectivity index (χ1) is 19.1. The number of hydrogen-bond donors (Lipinski definition) is 0. The highest BCUT2D eigenvalue weighted by atomic mass is 16.7. The minimum atomic E-state index is -1.58. The molecule has 0 aromatic heterocycles. The summed E-state index contributed by atoms with van der Waals surface area (Å²) in [7, 11) is -0.431. The largest absolute Gasteiger partial charge is 0.460 e. The van der Waals surface area contributed by atoms with E-state index in [1.165, 1.54) is 0 Å². The van der Waals surface area contributed by atoms with Crippen LogP contribution in [0.2, 0.25) is 6.32 Å². The number of likely N-dealkylation sites (tertiary alicyclic amines) is 1. The molecule has 2 amide bonds. The van der Waals surface area contributed by atoms with Crippen LogP contribution in [0.1, 0.15) is 73.3 Å². The Labute approximate surface area is 242 Å². The Balaban J connectivity index is 1.57. The van der Waals surface area contributed by atoms with E-state index in [0.717, 1.165) is 10.5 Å². The fraction of sp³-hybridized carbons (Fsp3) is 0.690. The van der Waals surface area contributed by atoms with E-state index >= 15 is 0 Å². The van der Waals surface area contributed by atoms with Crippen molar-refractivity contribution in [3.05, 3.63) is 46.3 Å². The minimum Gasteiger partial charge on any atom is -0.460 e. The molecule has 1 aliphatic carbocycles. The molecule has 1 aromatic carbocycles. The third-order valence-electron chi connectivity index (χ3n) is 8.82. The van der Waals surface area contributed by atoms with E-state index in [1.54, 1.807) is 20.8 Å². The van der Waals surface area contributed by atoms with Crippen molar-refractivity contribution in [3.8, 4) is 0 Å². The monoisotopic (exact) mass is 568 g/mol. The van der Waals surface area contributed by atoms with Crippen molar-refractivity contribution < 1.29 is 33.2 Å². The second kappa shape index (κ2) is 11.3. The number of ether oxygens (including phenoxy) is 2. The quantitative estimate of drug-likeness (QED) is 0.129. The maximum atomic E-state index is 13.7. The molecule has 12 heteroatoms. The van der Waals surface area contributed by atoms with Gasteiger partial charge in [0, 0.05) is 17.4 Å². The third-order valence-corrected chi connectivity index (χ3v) is 8.82. The lowest BCUT2D eigenvalue weighted by molar-refractivity contribution is -0.153. The lowest BCUT2D eigenvalue weighted by Gasteiger charge is -2.32. The molecule has 1 aromatic rings. The Morgan fingerprint density at radius 3 is 2.37 bits per heavy atom. The molecule has 3 aliphatic rings. The van der Waals surface area contributed by atoms with Gasteiger partial charge in [-0.25, -0.2) is 9.69 Å². The van der Waals surface area contributed by atoms with E-state index in [2.05, 4.69) is 10.0 Å². The Bertz CT molecular complexity index is 1200. The van der Waals surface area contributed by atoms with Gasteiger partial charge in [-0.3, -0.25) is 9.59 Å². The molecule has 2 saturated heterocycles. The van der Waals surface area contributed by atoms with Crippen LogP contribution < -0.4 is 0 Å². The number of azide groups is 1. The molecule has 11 nitrogen and oxygen atoms in total. The van der Waals surface area contributed by atoms with Crippen molar-refractivity contribution in [2.24, 2.45) is 22.9 Å². The molecule has 0 radical (unpaired) electrons. The van der Waals surface area contributed by atoms with Crippen LogP contribution in [0.5, 0.6) is 0 Å². The average Bonchev–Trinajstić information content (AvgIpc) is 3.43. The number of carbonyl (C=O) groups excluding carboxylic acids is 3. The molecule has 41 heavy (non-hydrogen) atoms. The Hall–Kier alpha value is -3.08. The predicted octanol–water partition coefficient (Wildman–Crippen LogP) is 5.68. The van der Waals surface area contributed by atoms with E-state index in [0.29, 0.717) is 19.2 Å².